The molecule has 0 spiro atoms. The molecule has 4 nitrogen and oxygen atoms in total. The van der Waals surface area contributed by atoms with E-state index in [1.807, 2.05) is 24.3 Å². The number of hydrogen-bond donors (Lipinski definition) is 1. The molecule has 5 heteroatoms. The molecule has 1 heterocycles. The third kappa shape index (κ3) is 3.13. The molecule has 0 unspecified atom stereocenters. The summed E-state index contributed by atoms with van der Waals surface area (Å²) in [6, 6.07) is 7.77. The molecule has 0 aliphatic heterocycles. The molecule has 0 saturated heterocycles. The molecule has 1 aliphatic carbocycles. The van der Waals surface area contributed by atoms with Crippen molar-refractivity contribution in [3.05, 3.63) is 24.3 Å². The van der Waals surface area contributed by atoms with E-state index in [9.17, 15) is 0 Å². The first-order valence-electron chi connectivity index (χ1n) is 6.78. The fraction of sp³-hybridized carbons (Fsp3) is 0.500. The highest BCUT2D eigenvalue weighted by Gasteiger charge is 2.19. The van der Waals surface area contributed by atoms with Crippen LogP contribution in [-0.2, 0) is 0 Å². The molecular weight excluding hydrogens is 260 g/mol. The normalized spacial score (nSPS) is 23.4. The van der Waals surface area contributed by atoms with Crippen LogP contribution in [0, 0.1) is 5.92 Å². The van der Waals surface area contributed by atoms with Gasteiger partial charge in [0.15, 0.2) is 0 Å². The Bertz CT molecular complexity index is 552. The Morgan fingerprint density at radius 1 is 1.05 bits per heavy atom. The van der Waals surface area contributed by atoms with Crippen molar-refractivity contribution >= 4 is 28.6 Å². The maximum Gasteiger partial charge on any atom is 0.243 e. The van der Waals surface area contributed by atoms with Gasteiger partial charge in [-0.05, 0) is 43.7 Å². The lowest BCUT2D eigenvalue weighted by Gasteiger charge is -2.24. The van der Waals surface area contributed by atoms with Crippen LogP contribution >= 0.6 is 11.6 Å². The largest absolute Gasteiger partial charge is 0.353 e. The summed E-state index contributed by atoms with van der Waals surface area (Å²) < 4.78 is 0. The molecule has 0 radical (unpaired) electrons. The zero-order chi connectivity index (χ0) is 13.1. The molecule has 0 atom stereocenters. The van der Waals surface area contributed by atoms with Crippen molar-refractivity contribution in [2.45, 2.75) is 31.1 Å². The lowest BCUT2D eigenvalue weighted by Crippen LogP contribution is -2.22. The van der Waals surface area contributed by atoms with Gasteiger partial charge < -0.3 is 5.32 Å². The molecule has 1 aromatic carbocycles. The number of rotatable bonds is 3. The number of benzene rings is 1. The third-order valence-electron chi connectivity index (χ3n) is 3.69. The van der Waals surface area contributed by atoms with Crippen molar-refractivity contribution in [3.63, 3.8) is 0 Å². The van der Waals surface area contributed by atoms with E-state index in [0.29, 0.717) is 17.2 Å². The quantitative estimate of drug-likeness (QED) is 0.875. The molecule has 3 rings (SSSR count). The van der Waals surface area contributed by atoms with Crippen LogP contribution in [0.5, 0.6) is 0 Å². The monoisotopic (exact) mass is 276 g/mol. The summed E-state index contributed by atoms with van der Waals surface area (Å²) in [5, 5.41) is 11.9. The summed E-state index contributed by atoms with van der Waals surface area (Å²) in [7, 11) is 0. The SMILES string of the molecule is ClC1CCC(CNc2nnc3ccccc3n2)CC1. The second-order valence-corrected chi connectivity index (χ2v) is 5.74. The van der Waals surface area contributed by atoms with Gasteiger partial charge in [-0.3, -0.25) is 0 Å². The summed E-state index contributed by atoms with van der Waals surface area (Å²) in [4.78, 5) is 4.46. The first kappa shape index (κ1) is 12.6. The number of nitrogens with one attached hydrogen (secondary N) is 1. The number of nitrogens with zero attached hydrogens (tertiary/aromatic N) is 3. The molecule has 100 valence electrons. The smallest absolute Gasteiger partial charge is 0.243 e. The Morgan fingerprint density at radius 2 is 1.79 bits per heavy atom. The van der Waals surface area contributed by atoms with E-state index < -0.39 is 0 Å². The van der Waals surface area contributed by atoms with Gasteiger partial charge in [0.05, 0.1) is 5.52 Å². The Hall–Kier alpha value is -1.42. The van der Waals surface area contributed by atoms with Gasteiger partial charge in [0.25, 0.3) is 0 Å². The maximum absolute atomic E-state index is 6.11. The van der Waals surface area contributed by atoms with Crippen LogP contribution in [0.4, 0.5) is 5.95 Å². The standard InChI is InChI=1S/C14H17ClN4/c15-11-7-5-10(6-8-11)9-16-14-17-12-3-1-2-4-13(12)18-19-14/h1-4,10-11H,5-9H2,(H,16,17,19). The Morgan fingerprint density at radius 3 is 2.58 bits per heavy atom. The van der Waals surface area contributed by atoms with E-state index in [1.165, 1.54) is 12.8 Å². The van der Waals surface area contributed by atoms with Gasteiger partial charge in [-0.25, -0.2) is 4.98 Å². The first-order valence-corrected chi connectivity index (χ1v) is 7.22. The lowest BCUT2D eigenvalue weighted by atomic mass is 9.89. The summed E-state index contributed by atoms with van der Waals surface area (Å²) in [6.45, 7) is 0.906. The van der Waals surface area contributed by atoms with Crippen molar-refractivity contribution in [1.82, 2.24) is 15.2 Å². The van der Waals surface area contributed by atoms with Crippen LogP contribution in [-0.4, -0.2) is 27.1 Å². The molecule has 2 aromatic rings. The van der Waals surface area contributed by atoms with Crippen LogP contribution in [0.3, 0.4) is 0 Å². The second kappa shape index (κ2) is 5.70. The molecule has 0 bridgehead atoms. The minimum Gasteiger partial charge on any atom is -0.353 e. The lowest BCUT2D eigenvalue weighted by molar-refractivity contribution is 0.377. The average molecular weight is 277 g/mol. The summed E-state index contributed by atoms with van der Waals surface area (Å²) in [5.41, 5.74) is 1.71. The Kier molecular flexibility index (Phi) is 3.78. The summed E-state index contributed by atoms with van der Waals surface area (Å²) in [5.74, 6) is 1.29. The van der Waals surface area contributed by atoms with E-state index in [1.54, 1.807) is 0 Å². The first-order chi connectivity index (χ1) is 9.31. The summed E-state index contributed by atoms with van der Waals surface area (Å²) in [6.07, 6.45) is 4.60. The number of alkyl halides is 1. The van der Waals surface area contributed by atoms with E-state index >= 15 is 0 Å². The van der Waals surface area contributed by atoms with Crippen LogP contribution in [0.2, 0.25) is 0 Å². The van der Waals surface area contributed by atoms with Crippen molar-refractivity contribution < 1.29 is 0 Å². The van der Waals surface area contributed by atoms with Crippen LogP contribution in [0.15, 0.2) is 24.3 Å². The van der Waals surface area contributed by atoms with Gasteiger partial charge in [0, 0.05) is 11.9 Å². The Balaban J connectivity index is 1.62. The van der Waals surface area contributed by atoms with E-state index in [4.69, 9.17) is 11.6 Å². The minimum absolute atomic E-state index is 0.370. The van der Waals surface area contributed by atoms with Crippen molar-refractivity contribution in [2.75, 3.05) is 11.9 Å². The van der Waals surface area contributed by atoms with Crippen molar-refractivity contribution in [1.29, 1.82) is 0 Å². The fourth-order valence-electron chi connectivity index (χ4n) is 2.52. The van der Waals surface area contributed by atoms with Crippen LogP contribution in [0.1, 0.15) is 25.7 Å². The molecule has 1 aliphatic rings. The third-order valence-corrected chi connectivity index (χ3v) is 4.12. The number of hydrogen-bond acceptors (Lipinski definition) is 4. The Labute approximate surface area is 117 Å². The highest BCUT2D eigenvalue weighted by atomic mass is 35.5. The van der Waals surface area contributed by atoms with Crippen molar-refractivity contribution in [2.24, 2.45) is 5.92 Å². The summed E-state index contributed by atoms with van der Waals surface area (Å²) >= 11 is 6.11. The molecule has 1 saturated carbocycles. The fourth-order valence-corrected chi connectivity index (χ4v) is 2.77. The number of para-hydroxylation sites is 1. The average Bonchev–Trinajstić information content (AvgIpc) is 2.46. The van der Waals surface area contributed by atoms with Gasteiger partial charge in [0.1, 0.15) is 5.52 Å². The van der Waals surface area contributed by atoms with Gasteiger partial charge in [-0.2, -0.15) is 0 Å². The van der Waals surface area contributed by atoms with E-state index in [2.05, 4.69) is 20.5 Å². The van der Waals surface area contributed by atoms with Crippen LogP contribution in [0.25, 0.3) is 11.0 Å². The zero-order valence-electron chi connectivity index (χ0n) is 10.7. The molecule has 1 aromatic heterocycles. The molecule has 19 heavy (non-hydrogen) atoms. The predicted molar refractivity (Wildman–Crippen MR) is 77.4 cm³/mol. The van der Waals surface area contributed by atoms with Gasteiger partial charge in [0.2, 0.25) is 5.95 Å². The molecule has 0 amide bonds. The number of aromatic nitrogens is 3. The van der Waals surface area contributed by atoms with E-state index in [-0.39, 0.29) is 0 Å². The van der Waals surface area contributed by atoms with Gasteiger partial charge >= 0.3 is 0 Å². The van der Waals surface area contributed by atoms with Gasteiger partial charge in [-0.15, -0.1) is 21.8 Å². The molecule has 1 fully saturated rings. The molecule has 1 N–H and O–H groups in total. The predicted octanol–water partition coefficient (Wildman–Crippen LogP) is 3.23. The second-order valence-electron chi connectivity index (χ2n) is 5.12. The number of fused-ring (bicyclic) bond motifs is 1. The number of anilines is 1. The minimum atomic E-state index is 0.370. The van der Waals surface area contributed by atoms with E-state index in [0.717, 1.165) is 30.4 Å². The maximum atomic E-state index is 6.11. The highest BCUT2D eigenvalue weighted by Crippen LogP contribution is 2.27. The molecular formula is C14H17ClN4. The zero-order valence-corrected chi connectivity index (χ0v) is 11.5. The van der Waals surface area contributed by atoms with Crippen molar-refractivity contribution in [3.8, 4) is 0 Å². The topological polar surface area (TPSA) is 50.7 Å². The highest BCUT2D eigenvalue weighted by molar-refractivity contribution is 6.20. The number of halogens is 1. The van der Waals surface area contributed by atoms with Crippen LogP contribution < -0.4 is 5.32 Å². The van der Waals surface area contributed by atoms with Gasteiger partial charge in [-0.1, -0.05) is 12.1 Å².